The normalized spacial score (nSPS) is 8.50. The molecule has 0 aliphatic rings. The second-order valence-electron chi connectivity index (χ2n) is 1.58. The fraction of sp³-hybridized carbons (Fsp3) is 0.800. The Morgan fingerprint density at radius 3 is 1.90 bits per heavy atom. The molecule has 0 rings (SSSR count). The van der Waals surface area contributed by atoms with Crippen molar-refractivity contribution in [2.45, 2.75) is 26.2 Å². The third-order valence-electron chi connectivity index (χ3n) is 0.676. The Labute approximate surface area is 61.5 Å². The van der Waals surface area contributed by atoms with E-state index in [4.69, 9.17) is 14.7 Å². The molecule has 0 saturated carbocycles. The van der Waals surface area contributed by atoms with E-state index >= 15 is 0 Å². The number of rotatable bonds is 3. The molecule has 0 aromatic heterocycles. The van der Waals surface area contributed by atoms with Crippen LogP contribution in [0.5, 0.6) is 0 Å². The predicted octanol–water partition coefficient (Wildman–Crippen LogP) is 0.566. The minimum Gasteiger partial charge on any atom is -0.328 e. The van der Waals surface area contributed by atoms with Gasteiger partial charge in [-0.3, -0.25) is 0 Å². The van der Waals surface area contributed by atoms with Crippen LogP contribution in [0.2, 0.25) is 0 Å². The lowest BCUT2D eigenvalue weighted by Gasteiger charge is -1.79. The summed E-state index contributed by atoms with van der Waals surface area (Å²) in [7, 11) is -2.62. The van der Waals surface area contributed by atoms with Gasteiger partial charge in [0.05, 0.1) is 0 Å². The minimum atomic E-state index is -2.62. The van der Waals surface area contributed by atoms with Crippen molar-refractivity contribution in [1.29, 1.82) is 0 Å². The number of unbranched alkanes of at least 4 members (excludes halogenated alkanes) is 2. The van der Waals surface area contributed by atoms with E-state index in [0.717, 1.165) is 25.5 Å². The highest BCUT2D eigenvalue weighted by molar-refractivity contribution is 7.38. The standard InChI is InChI=1S/C5H10O.H3O3P/c1-2-3-4-5-6;1-4(2)3/h5H,2-4H2,1H3;1-3H. The van der Waals surface area contributed by atoms with Gasteiger partial charge in [0, 0.05) is 6.42 Å². The van der Waals surface area contributed by atoms with Crippen LogP contribution in [0, 0.1) is 0 Å². The summed E-state index contributed by atoms with van der Waals surface area (Å²) in [6, 6.07) is 0. The van der Waals surface area contributed by atoms with Crippen molar-refractivity contribution in [2.24, 2.45) is 0 Å². The third-order valence-corrected chi connectivity index (χ3v) is 0.676. The van der Waals surface area contributed by atoms with E-state index < -0.39 is 8.60 Å². The van der Waals surface area contributed by atoms with Crippen LogP contribution in [-0.2, 0) is 4.79 Å². The fourth-order valence-corrected chi connectivity index (χ4v) is 0.287. The van der Waals surface area contributed by atoms with E-state index in [9.17, 15) is 4.79 Å². The van der Waals surface area contributed by atoms with Gasteiger partial charge in [-0.1, -0.05) is 13.3 Å². The number of hydrogen-bond donors (Lipinski definition) is 3. The van der Waals surface area contributed by atoms with E-state index in [0.29, 0.717) is 0 Å². The van der Waals surface area contributed by atoms with Gasteiger partial charge in [-0.15, -0.1) is 0 Å². The van der Waals surface area contributed by atoms with Crippen LogP contribution in [0.1, 0.15) is 26.2 Å². The summed E-state index contributed by atoms with van der Waals surface area (Å²) in [4.78, 5) is 31.3. The molecular formula is C5H13O4P. The Bertz CT molecular complexity index is 63.9. The highest BCUT2D eigenvalue weighted by atomic mass is 31.2. The minimum absolute atomic E-state index is 0.733. The van der Waals surface area contributed by atoms with Gasteiger partial charge in [0.25, 0.3) is 0 Å². The molecule has 0 aromatic carbocycles. The highest BCUT2D eigenvalue weighted by Gasteiger charge is 1.76. The topological polar surface area (TPSA) is 77.8 Å². The molecule has 0 radical (unpaired) electrons. The lowest BCUT2D eigenvalue weighted by molar-refractivity contribution is -0.107. The Balaban J connectivity index is 0. The number of carbonyl (C=O) groups is 1. The smallest absolute Gasteiger partial charge is 0.324 e. The van der Waals surface area contributed by atoms with Crippen molar-refractivity contribution in [3.8, 4) is 0 Å². The van der Waals surface area contributed by atoms with Crippen LogP contribution < -0.4 is 0 Å². The Morgan fingerprint density at radius 2 is 1.80 bits per heavy atom. The maximum absolute atomic E-state index is 9.56. The molecule has 10 heavy (non-hydrogen) atoms. The Morgan fingerprint density at radius 1 is 1.40 bits per heavy atom. The van der Waals surface area contributed by atoms with Crippen molar-refractivity contribution in [3.05, 3.63) is 0 Å². The van der Waals surface area contributed by atoms with Crippen molar-refractivity contribution < 1.29 is 19.5 Å². The summed E-state index contributed by atoms with van der Waals surface area (Å²) in [5, 5.41) is 0. The first-order chi connectivity index (χ1) is 4.65. The molecule has 4 nitrogen and oxygen atoms in total. The molecule has 0 amide bonds. The fourth-order valence-electron chi connectivity index (χ4n) is 0.287. The molecule has 5 heteroatoms. The quantitative estimate of drug-likeness (QED) is 0.327. The Kier molecular flexibility index (Phi) is 14.8. The summed E-state index contributed by atoms with van der Waals surface area (Å²) in [5.74, 6) is 0. The van der Waals surface area contributed by atoms with Crippen LogP contribution >= 0.6 is 8.60 Å². The molecule has 0 fully saturated rings. The lowest BCUT2D eigenvalue weighted by Crippen LogP contribution is -1.70. The maximum atomic E-state index is 9.56. The molecule has 0 aromatic rings. The molecular weight excluding hydrogens is 155 g/mol. The maximum Gasteiger partial charge on any atom is 0.324 e. The summed E-state index contributed by atoms with van der Waals surface area (Å²) in [6.45, 7) is 2.07. The zero-order chi connectivity index (χ0) is 8.41. The van der Waals surface area contributed by atoms with Gasteiger partial charge < -0.3 is 19.5 Å². The molecule has 0 atom stereocenters. The first-order valence-corrected chi connectivity index (χ1v) is 4.15. The van der Waals surface area contributed by atoms with Gasteiger partial charge in [0.1, 0.15) is 6.29 Å². The van der Waals surface area contributed by atoms with E-state index in [1.54, 1.807) is 0 Å². The summed E-state index contributed by atoms with van der Waals surface area (Å²) >= 11 is 0. The largest absolute Gasteiger partial charge is 0.328 e. The van der Waals surface area contributed by atoms with Gasteiger partial charge >= 0.3 is 8.60 Å². The van der Waals surface area contributed by atoms with E-state index in [-0.39, 0.29) is 0 Å². The molecule has 0 aliphatic heterocycles. The van der Waals surface area contributed by atoms with Crippen LogP contribution in [-0.4, -0.2) is 21.0 Å². The summed E-state index contributed by atoms with van der Waals surface area (Å²) in [6.07, 6.45) is 3.86. The Hall–Kier alpha value is -0.0200. The highest BCUT2D eigenvalue weighted by Crippen LogP contribution is 2.11. The zero-order valence-electron chi connectivity index (χ0n) is 5.90. The molecule has 0 bridgehead atoms. The molecule has 0 spiro atoms. The second kappa shape index (κ2) is 11.7. The molecule has 0 unspecified atom stereocenters. The summed E-state index contributed by atoms with van der Waals surface area (Å²) < 4.78 is 0. The predicted molar refractivity (Wildman–Crippen MR) is 39.2 cm³/mol. The molecule has 3 N–H and O–H groups in total. The molecule has 0 saturated heterocycles. The number of hydrogen-bond acceptors (Lipinski definition) is 4. The molecule has 0 aliphatic carbocycles. The van der Waals surface area contributed by atoms with E-state index in [1.165, 1.54) is 0 Å². The zero-order valence-corrected chi connectivity index (χ0v) is 6.79. The van der Waals surface area contributed by atoms with Crippen LogP contribution in [0.15, 0.2) is 0 Å². The van der Waals surface area contributed by atoms with Gasteiger partial charge in [-0.2, -0.15) is 0 Å². The van der Waals surface area contributed by atoms with Crippen molar-refractivity contribution in [3.63, 3.8) is 0 Å². The van der Waals surface area contributed by atoms with Crippen molar-refractivity contribution in [2.75, 3.05) is 0 Å². The molecule has 62 valence electrons. The number of carbonyl (C=O) groups excluding carboxylic acids is 1. The average Bonchev–Trinajstić information content (AvgIpc) is 1.82. The summed E-state index contributed by atoms with van der Waals surface area (Å²) in [5.41, 5.74) is 0. The first kappa shape index (κ1) is 12.6. The van der Waals surface area contributed by atoms with Crippen molar-refractivity contribution in [1.82, 2.24) is 0 Å². The van der Waals surface area contributed by atoms with E-state index in [2.05, 4.69) is 6.92 Å². The van der Waals surface area contributed by atoms with Crippen LogP contribution in [0.4, 0.5) is 0 Å². The SMILES string of the molecule is CCCCC=O.OP(O)O. The second-order valence-corrected chi connectivity index (χ2v) is 2.11. The van der Waals surface area contributed by atoms with E-state index in [1.807, 2.05) is 0 Å². The van der Waals surface area contributed by atoms with Crippen LogP contribution in [0.3, 0.4) is 0 Å². The first-order valence-electron chi connectivity index (χ1n) is 2.95. The third kappa shape index (κ3) is 43.8. The van der Waals surface area contributed by atoms with Gasteiger partial charge in [-0.25, -0.2) is 0 Å². The lowest BCUT2D eigenvalue weighted by atomic mass is 10.3. The van der Waals surface area contributed by atoms with Gasteiger partial charge in [-0.05, 0) is 6.42 Å². The van der Waals surface area contributed by atoms with Gasteiger partial charge in [0.15, 0.2) is 0 Å². The monoisotopic (exact) mass is 168 g/mol. The number of aldehydes is 1. The molecule has 0 heterocycles. The van der Waals surface area contributed by atoms with Gasteiger partial charge in [0.2, 0.25) is 0 Å². The average molecular weight is 168 g/mol. The van der Waals surface area contributed by atoms with Crippen LogP contribution in [0.25, 0.3) is 0 Å². The van der Waals surface area contributed by atoms with Crippen molar-refractivity contribution >= 4 is 14.9 Å².